The largest absolute Gasteiger partial charge is 0.481 e. The second kappa shape index (κ2) is 3.56. The smallest absolute Gasteiger partial charge is 0.312 e. The molecule has 1 fully saturated rings. The van der Waals surface area contributed by atoms with E-state index in [1.165, 1.54) is 0 Å². The van der Waals surface area contributed by atoms with Gasteiger partial charge in [0.05, 0.1) is 0 Å². The summed E-state index contributed by atoms with van der Waals surface area (Å²) in [6.07, 6.45) is 1.68. The monoisotopic (exact) mass is 171 g/mol. The van der Waals surface area contributed by atoms with E-state index in [4.69, 9.17) is 5.11 Å². The summed E-state index contributed by atoms with van der Waals surface area (Å²) < 4.78 is 0. The Bertz CT molecular complexity index is 198. The molecule has 0 atom stereocenters. The first kappa shape index (κ1) is 9.03. The van der Waals surface area contributed by atoms with Crippen LogP contribution in [0.4, 0.5) is 0 Å². The van der Waals surface area contributed by atoms with E-state index in [1.807, 2.05) is 6.92 Å². The Balaban J connectivity index is 2.41. The molecule has 1 N–H and O–H groups in total. The van der Waals surface area contributed by atoms with Gasteiger partial charge < -0.3 is 10.0 Å². The Morgan fingerprint density at radius 1 is 1.50 bits per heavy atom. The summed E-state index contributed by atoms with van der Waals surface area (Å²) in [6.45, 7) is 2.49. The maximum atomic E-state index is 11.2. The van der Waals surface area contributed by atoms with Crippen LogP contribution in [0.15, 0.2) is 0 Å². The van der Waals surface area contributed by atoms with Crippen LogP contribution >= 0.6 is 0 Å². The lowest BCUT2D eigenvalue weighted by molar-refractivity contribution is -0.144. The van der Waals surface area contributed by atoms with E-state index in [-0.39, 0.29) is 12.3 Å². The van der Waals surface area contributed by atoms with Crippen LogP contribution < -0.4 is 0 Å². The lowest BCUT2D eigenvalue weighted by Crippen LogP contribution is -2.34. The van der Waals surface area contributed by atoms with Crippen molar-refractivity contribution in [3.05, 3.63) is 0 Å². The van der Waals surface area contributed by atoms with Crippen molar-refractivity contribution in [3.8, 4) is 0 Å². The predicted octanol–water partition coefficient (Wildman–Crippen LogP) is 0.472. The molecule has 1 amide bonds. The second-order valence-corrected chi connectivity index (χ2v) is 2.98. The number of rotatable bonds is 4. The third kappa shape index (κ3) is 2.22. The summed E-state index contributed by atoms with van der Waals surface area (Å²) in [7, 11) is 0. The molecule has 0 unspecified atom stereocenters. The Morgan fingerprint density at radius 2 is 2.08 bits per heavy atom. The zero-order valence-electron chi connectivity index (χ0n) is 7.12. The Morgan fingerprint density at radius 3 is 2.42 bits per heavy atom. The molecule has 68 valence electrons. The highest BCUT2D eigenvalue weighted by atomic mass is 16.4. The van der Waals surface area contributed by atoms with Gasteiger partial charge in [-0.05, 0) is 19.8 Å². The molecule has 0 aromatic carbocycles. The first-order valence-electron chi connectivity index (χ1n) is 4.16. The van der Waals surface area contributed by atoms with Gasteiger partial charge in [0.15, 0.2) is 0 Å². The van der Waals surface area contributed by atoms with E-state index < -0.39 is 5.97 Å². The molecule has 0 bridgehead atoms. The number of aliphatic carboxylic acids is 1. The van der Waals surface area contributed by atoms with Gasteiger partial charge in [0.25, 0.3) is 0 Å². The van der Waals surface area contributed by atoms with E-state index in [1.54, 1.807) is 4.90 Å². The molecule has 1 rings (SSSR count). The summed E-state index contributed by atoms with van der Waals surface area (Å²) in [5.41, 5.74) is 0. The van der Waals surface area contributed by atoms with Gasteiger partial charge in [-0.15, -0.1) is 0 Å². The summed E-state index contributed by atoms with van der Waals surface area (Å²) >= 11 is 0. The third-order valence-corrected chi connectivity index (χ3v) is 1.95. The van der Waals surface area contributed by atoms with Gasteiger partial charge in [-0.2, -0.15) is 0 Å². The summed E-state index contributed by atoms with van der Waals surface area (Å²) in [6, 6.07) is 0.321. The number of carbonyl (C=O) groups excluding carboxylic acids is 1. The van der Waals surface area contributed by atoms with Crippen LogP contribution in [0.2, 0.25) is 0 Å². The fourth-order valence-electron chi connectivity index (χ4n) is 1.26. The van der Waals surface area contributed by atoms with E-state index in [0.29, 0.717) is 12.6 Å². The fourth-order valence-corrected chi connectivity index (χ4v) is 1.26. The Hall–Kier alpha value is -1.06. The van der Waals surface area contributed by atoms with Gasteiger partial charge in [0.2, 0.25) is 5.91 Å². The average molecular weight is 171 g/mol. The van der Waals surface area contributed by atoms with Crippen molar-refractivity contribution in [1.29, 1.82) is 0 Å². The third-order valence-electron chi connectivity index (χ3n) is 1.95. The topological polar surface area (TPSA) is 57.6 Å². The maximum Gasteiger partial charge on any atom is 0.312 e. The maximum absolute atomic E-state index is 11.2. The van der Waals surface area contributed by atoms with Crippen molar-refractivity contribution in [2.75, 3.05) is 6.54 Å². The first-order valence-corrected chi connectivity index (χ1v) is 4.16. The van der Waals surface area contributed by atoms with E-state index in [2.05, 4.69) is 0 Å². The normalized spacial score (nSPS) is 15.8. The van der Waals surface area contributed by atoms with Crippen molar-refractivity contribution in [2.45, 2.75) is 32.2 Å². The lowest BCUT2D eigenvalue weighted by Gasteiger charge is -2.18. The van der Waals surface area contributed by atoms with Crippen molar-refractivity contribution in [2.24, 2.45) is 0 Å². The molecule has 0 aliphatic heterocycles. The number of hydrogen-bond donors (Lipinski definition) is 1. The minimum Gasteiger partial charge on any atom is -0.481 e. The lowest BCUT2D eigenvalue weighted by atomic mass is 10.3. The van der Waals surface area contributed by atoms with Gasteiger partial charge in [-0.3, -0.25) is 9.59 Å². The van der Waals surface area contributed by atoms with Crippen LogP contribution in [0.5, 0.6) is 0 Å². The van der Waals surface area contributed by atoms with E-state index in [0.717, 1.165) is 12.8 Å². The highest BCUT2D eigenvalue weighted by Gasteiger charge is 2.31. The number of amides is 1. The van der Waals surface area contributed by atoms with Gasteiger partial charge in [-0.25, -0.2) is 0 Å². The molecule has 0 heterocycles. The molecule has 0 aromatic heterocycles. The van der Waals surface area contributed by atoms with Crippen molar-refractivity contribution in [1.82, 2.24) is 4.90 Å². The molecule has 0 radical (unpaired) electrons. The predicted molar refractivity (Wildman–Crippen MR) is 42.7 cm³/mol. The molecule has 0 saturated heterocycles. The van der Waals surface area contributed by atoms with Crippen LogP contribution in [0.25, 0.3) is 0 Å². The Labute approximate surface area is 71.2 Å². The minimum atomic E-state index is -1.04. The molecule has 1 aliphatic rings. The average Bonchev–Trinajstić information content (AvgIpc) is 2.70. The van der Waals surface area contributed by atoms with Crippen molar-refractivity contribution < 1.29 is 14.7 Å². The zero-order chi connectivity index (χ0) is 9.14. The highest BCUT2D eigenvalue weighted by molar-refractivity contribution is 5.93. The number of nitrogens with zero attached hydrogens (tertiary/aromatic N) is 1. The molecule has 12 heavy (non-hydrogen) atoms. The molecular formula is C8H13NO3. The number of carboxylic acids is 1. The summed E-state index contributed by atoms with van der Waals surface area (Å²) in [5, 5.41) is 8.38. The number of carbonyl (C=O) groups is 2. The van der Waals surface area contributed by atoms with Crippen LogP contribution in [0, 0.1) is 0 Å². The van der Waals surface area contributed by atoms with Crippen LogP contribution in [-0.4, -0.2) is 34.5 Å². The van der Waals surface area contributed by atoms with Crippen LogP contribution in [-0.2, 0) is 9.59 Å². The Kier molecular flexibility index (Phi) is 2.68. The van der Waals surface area contributed by atoms with E-state index in [9.17, 15) is 9.59 Å². The van der Waals surface area contributed by atoms with E-state index >= 15 is 0 Å². The van der Waals surface area contributed by atoms with Gasteiger partial charge >= 0.3 is 5.97 Å². The molecular weight excluding hydrogens is 158 g/mol. The van der Waals surface area contributed by atoms with Gasteiger partial charge in [0.1, 0.15) is 6.42 Å². The molecule has 4 heteroatoms. The highest BCUT2D eigenvalue weighted by Crippen LogP contribution is 2.26. The van der Waals surface area contributed by atoms with Crippen molar-refractivity contribution in [3.63, 3.8) is 0 Å². The molecule has 0 aromatic rings. The number of hydrogen-bond acceptors (Lipinski definition) is 2. The molecule has 0 spiro atoms. The van der Waals surface area contributed by atoms with Crippen molar-refractivity contribution >= 4 is 11.9 Å². The fraction of sp³-hybridized carbons (Fsp3) is 0.750. The SMILES string of the molecule is CCN(C(=O)CC(=O)O)C1CC1. The standard InChI is InChI=1S/C8H13NO3/c1-2-9(6-3-4-6)7(10)5-8(11)12/h6H,2-5H2,1H3,(H,11,12). The summed E-state index contributed by atoms with van der Waals surface area (Å²) in [5.74, 6) is -1.30. The number of carboxylic acid groups (broad SMARTS) is 1. The first-order chi connectivity index (χ1) is 5.65. The molecule has 1 saturated carbocycles. The van der Waals surface area contributed by atoms with Gasteiger partial charge in [0, 0.05) is 12.6 Å². The molecule has 1 aliphatic carbocycles. The zero-order valence-corrected chi connectivity index (χ0v) is 7.12. The van der Waals surface area contributed by atoms with Crippen LogP contribution in [0.3, 0.4) is 0 Å². The van der Waals surface area contributed by atoms with Crippen LogP contribution in [0.1, 0.15) is 26.2 Å². The summed E-state index contributed by atoms with van der Waals surface area (Å²) in [4.78, 5) is 23.1. The second-order valence-electron chi connectivity index (χ2n) is 2.98. The quantitative estimate of drug-likeness (QED) is 0.625. The minimum absolute atomic E-state index is 0.257. The molecule has 4 nitrogen and oxygen atoms in total. The van der Waals surface area contributed by atoms with Gasteiger partial charge in [-0.1, -0.05) is 0 Å².